The van der Waals surface area contributed by atoms with E-state index >= 15 is 0 Å². The summed E-state index contributed by atoms with van der Waals surface area (Å²) in [5.74, 6) is 0.305. The number of carbonyl (C=O) groups is 1. The zero-order valence-corrected chi connectivity index (χ0v) is 14.3. The molecule has 2 aliphatic rings. The molecule has 1 amide bonds. The fourth-order valence-electron chi connectivity index (χ4n) is 3.64. The topological polar surface area (TPSA) is 86.9 Å². The van der Waals surface area contributed by atoms with Crippen molar-refractivity contribution in [2.45, 2.75) is 76.9 Å². The van der Waals surface area contributed by atoms with Gasteiger partial charge in [-0.05, 0) is 32.6 Å². The maximum absolute atomic E-state index is 12.6. The highest BCUT2D eigenvalue weighted by Crippen LogP contribution is 2.27. The average molecular weight is 318 g/mol. The number of fused-ring (bicyclic) bond motifs is 2. The van der Waals surface area contributed by atoms with Crippen LogP contribution in [0.4, 0.5) is 0 Å². The predicted octanol–water partition coefficient (Wildman–Crippen LogP) is 1.39. The molecule has 126 valence electrons. The van der Waals surface area contributed by atoms with Gasteiger partial charge in [0.05, 0.1) is 5.69 Å². The molecule has 3 N–H and O–H groups in total. The molecular formula is C17H26N4O2. The third-order valence-corrected chi connectivity index (χ3v) is 4.85. The second-order valence-corrected chi connectivity index (χ2v) is 7.90. The van der Waals surface area contributed by atoms with E-state index < -0.39 is 0 Å². The van der Waals surface area contributed by atoms with Gasteiger partial charge in [-0.25, -0.2) is 4.98 Å². The number of nitrogens with zero attached hydrogens (tertiary/aromatic N) is 1. The van der Waals surface area contributed by atoms with Gasteiger partial charge in [0, 0.05) is 23.5 Å². The number of piperidine rings is 1. The third-order valence-electron chi connectivity index (χ3n) is 4.85. The molecule has 2 unspecified atom stereocenters. The molecule has 2 atom stereocenters. The van der Waals surface area contributed by atoms with Gasteiger partial charge in [-0.2, -0.15) is 0 Å². The lowest BCUT2D eigenvalue weighted by Gasteiger charge is -2.29. The normalized spacial score (nSPS) is 27.0. The van der Waals surface area contributed by atoms with Crippen LogP contribution in [0.25, 0.3) is 0 Å². The van der Waals surface area contributed by atoms with Gasteiger partial charge in [0.2, 0.25) is 0 Å². The van der Waals surface area contributed by atoms with E-state index in [1.165, 1.54) is 12.8 Å². The molecule has 0 radical (unpaired) electrons. The van der Waals surface area contributed by atoms with E-state index in [1.54, 1.807) is 6.92 Å². The minimum absolute atomic E-state index is 0.141. The standard InChI is InChI=1S/C17H26N4O2/c1-9-13(15(23)21-16(18-9)17(2,3)4)14(22)20-12-7-10-5-6-11(8-12)19-10/h10-12,19H,5-8H2,1-4H3,(H,20,22)(H,18,21,23). The Morgan fingerprint density at radius 3 is 2.35 bits per heavy atom. The molecule has 1 aromatic heterocycles. The molecule has 0 aliphatic carbocycles. The van der Waals surface area contributed by atoms with Crippen LogP contribution in [-0.2, 0) is 5.41 Å². The highest BCUT2D eigenvalue weighted by atomic mass is 16.2. The van der Waals surface area contributed by atoms with Crippen LogP contribution in [0.2, 0.25) is 0 Å². The molecule has 6 heteroatoms. The summed E-state index contributed by atoms with van der Waals surface area (Å²) in [7, 11) is 0. The average Bonchev–Trinajstić information content (AvgIpc) is 2.76. The highest BCUT2D eigenvalue weighted by Gasteiger charge is 2.34. The van der Waals surface area contributed by atoms with Gasteiger partial charge in [-0.1, -0.05) is 20.8 Å². The van der Waals surface area contributed by atoms with Crippen molar-refractivity contribution in [1.29, 1.82) is 0 Å². The van der Waals surface area contributed by atoms with Gasteiger partial charge in [0.15, 0.2) is 0 Å². The Balaban J connectivity index is 1.79. The predicted molar refractivity (Wildman–Crippen MR) is 88.7 cm³/mol. The molecule has 1 aromatic rings. The number of H-pyrrole nitrogens is 1. The minimum atomic E-state index is -0.350. The summed E-state index contributed by atoms with van der Waals surface area (Å²) in [6.07, 6.45) is 4.23. The van der Waals surface area contributed by atoms with Crippen molar-refractivity contribution in [3.05, 3.63) is 27.4 Å². The Hall–Kier alpha value is -1.69. The van der Waals surface area contributed by atoms with Gasteiger partial charge in [-0.15, -0.1) is 0 Å². The molecule has 23 heavy (non-hydrogen) atoms. The number of aryl methyl sites for hydroxylation is 1. The summed E-state index contributed by atoms with van der Waals surface area (Å²) in [5.41, 5.74) is 0.0291. The Labute approximate surface area is 136 Å². The lowest BCUT2D eigenvalue weighted by atomic mass is 9.95. The summed E-state index contributed by atoms with van der Waals surface area (Å²) in [4.78, 5) is 32.1. The van der Waals surface area contributed by atoms with Crippen molar-refractivity contribution in [3.63, 3.8) is 0 Å². The highest BCUT2D eigenvalue weighted by molar-refractivity contribution is 5.95. The summed E-state index contributed by atoms with van der Waals surface area (Å²) < 4.78 is 0. The van der Waals surface area contributed by atoms with Crippen LogP contribution in [0.5, 0.6) is 0 Å². The van der Waals surface area contributed by atoms with Crippen LogP contribution in [0.15, 0.2) is 4.79 Å². The Morgan fingerprint density at radius 1 is 1.22 bits per heavy atom. The van der Waals surface area contributed by atoms with E-state index in [1.807, 2.05) is 20.8 Å². The summed E-state index contributed by atoms with van der Waals surface area (Å²) in [6, 6.07) is 1.14. The van der Waals surface area contributed by atoms with Crippen molar-refractivity contribution in [2.24, 2.45) is 0 Å². The van der Waals surface area contributed by atoms with E-state index in [9.17, 15) is 9.59 Å². The van der Waals surface area contributed by atoms with Crippen LogP contribution < -0.4 is 16.2 Å². The number of aromatic amines is 1. The summed E-state index contributed by atoms with van der Waals surface area (Å²) in [6.45, 7) is 7.67. The number of aromatic nitrogens is 2. The first-order valence-electron chi connectivity index (χ1n) is 8.42. The Morgan fingerprint density at radius 2 is 1.83 bits per heavy atom. The zero-order valence-electron chi connectivity index (χ0n) is 14.3. The maximum Gasteiger partial charge on any atom is 0.264 e. The molecule has 2 fully saturated rings. The van der Waals surface area contributed by atoms with Crippen LogP contribution in [0, 0.1) is 6.92 Å². The minimum Gasteiger partial charge on any atom is -0.349 e. The van der Waals surface area contributed by atoms with Crippen LogP contribution in [0.3, 0.4) is 0 Å². The van der Waals surface area contributed by atoms with Gasteiger partial charge in [0.25, 0.3) is 11.5 Å². The second kappa shape index (κ2) is 5.74. The first kappa shape index (κ1) is 16.2. The molecule has 3 rings (SSSR count). The SMILES string of the molecule is Cc1nc(C(C)(C)C)[nH]c(=O)c1C(=O)NC1CC2CCC(C1)N2. The van der Waals surface area contributed by atoms with Crippen molar-refractivity contribution < 1.29 is 4.79 Å². The van der Waals surface area contributed by atoms with Crippen molar-refractivity contribution in [1.82, 2.24) is 20.6 Å². The van der Waals surface area contributed by atoms with Gasteiger partial charge in [-0.3, -0.25) is 9.59 Å². The Bertz CT molecular complexity index is 662. The van der Waals surface area contributed by atoms with E-state index in [0.717, 1.165) is 12.8 Å². The van der Waals surface area contributed by atoms with E-state index in [0.29, 0.717) is 23.6 Å². The smallest absolute Gasteiger partial charge is 0.264 e. The Kier molecular flexibility index (Phi) is 4.04. The number of hydrogen-bond acceptors (Lipinski definition) is 4. The number of amides is 1. The molecule has 2 bridgehead atoms. The molecule has 2 saturated heterocycles. The second-order valence-electron chi connectivity index (χ2n) is 7.90. The number of nitrogens with one attached hydrogen (secondary N) is 3. The van der Waals surface area contributed by atoms with Crippen LogP contribution in [0.1, 0.15) is 68.3 Å². The molecule has 0 saturated carbocycles. The molecule has 2 aliphatic heterocycles. The van der Waals surface area contributed by atoms with Crippen LogP contribution in [-0.4, -0.2) is 34.0 Å². The van der Waals surface area contributed by atoms with Crippen molar-refractivity contribution >= 4 is 5.91 Å². The fraction of sp³-hybridized carbons (Fsp3) is 0.706. The lowest BCUT2D eigenvalue weighted by Crippen LogP contribution is -2.49. The van der Waals surface area contributed by atoms with Gasteiger partial charge in [0.1, 0.15) is 11.4 Å². The summed E-state index contributed by atoms with van der Waals surface area (Å²) in [5, 5.41) is 6.59. The van der Waals surface area contributed by atoms with Gasteiger partial charge >= 0.3 is 0 Å². The van der Waals surface area contributed by atoms with E-state index in [2.05, 4.69) is 20.6 Å². The first-order chi connectivity index (χ1) is 10.7. The van der Waals surface area contributed by atoms with Gasteiger partial charge < -0.3 is 15.6 Å². The van der Waals surface area contributed by atoms with E-state index in [4.69, 9.17) is 0 Å². The number of hydrogen-bond donors (Lipinski definition) is 3. The monoisotopic (exact) mass is 318 g/mol. The first-order valence-corrected chi connectivity index (χ1v) is 8.42. The molecule has 6 nitrogen and oxygen atoms in total. The zero-order chi connectivity index (χ0) is 16.8. The fourth-order valence-corrected chi connectivity index (χ4v) is 3.64. The molecule has 0 aromatic carbocycles. The van der Waals surface area contributed by atoms with Crippen LogP contribution >= 0.6 is 0 Å². The van der Waals surface area contributed by atoms with Crippen molar-refractivity contribution in [2.75, 3.05) is 0 Å². The molecule has 3 heterocycles. The number of rotatable bonds is 2. The summed E-state index contributed by atoms with van der Waals surface area (Å²) >= 11 is 0. The molecular weight excluding hydrogens is 292 g/mol. The maximum atomic E-state index is 12.6. The molecule has 0 spiro atoms. The quantitative estimate of drug-likeness (QED) is 0.769. The van der Waals surface area contributed by atoms with Crippen molar-refractivity contribution in [3.8, 4) is 0 Å². The lowest BCUT2D eigenvalue weighted by molar-refractivity contribution is 0.0921. The third kappa shape index (κ3) is 3.32. The van der Waals surface area contributed by atoms with E-state index in [-0.39, 0.29) is 28.5 Å². The number of carbonyl (C=O) groups excluding carboxylic acids is 1. The largest absolute Gasteiger partial charge is 0.349 e.